The maximum absolute atomic E-state index is 12.8. The van der Waals surface area contributed by atoms with Gasteiger partial charge in [0.25, 0.3) is 11.5 Å². The van der Waals surface area contributed by atoms with E-state index in [4.69, 9.17) is 0 Å². The van der Waals surface area contributed by atoms with E-state index in [0.717, 1.165) is 18.7 Å². The minimum absolute atomic E-state index is 0.0521. The SMILES string of the molecule is CCNC(=O)c1ccnc(-c2cc3n(c(=O)c2)C[C@H]2C[C@@H]3CN(C(C)=O)C2)c1. The molecule has 146 valence electrons. The second-order valence-electron chi connectivity index (χ2n) is 7.63. The van der Waals surface area contributed by atoms with Gasteiger partial charge in [-0.3, -0.25) is 19.4 Å². The molecule has 2 aromatic rings. The number of hydrogen-bond donors (Lipinski definition) is 1. The van der Waals surface area contributed by atoms with E-state index in [1.807, 2.05) is 22.5 Å². The number of carbonyl (C=O) groups is 2. The van der Waals surface area contributed by atoms with Crippen LogP contribution in [0.2, 0.25) is 0 Å². The van der Waals surface area contributed by atoms with Crippen LogP contribution in [-0.2, 0) is 11.3 Å². The molecular formula is C21H24N4O3. The standard InChI is InChI=1S/C21H24N4O3/c1-3-22-21(28)15-4-5-23-18(7-15)16-8-19-17-6-14(10-24(12-17)13(2)26)11-25(19)20(27)9-16/h4-5,7-9,14,17H,3,6,10-12H2,1-2H3,(H,22,28)/t14-,17+/m0/s1. The molecule has 28 heavy (non-hydrogen) atoms. The summed E-state index contributed by atoms with van der Waals surface area (Å²) < 4.78 is 1.84. The van der Waals surface area contributed by atoms with Gasteiger partial charge in [-0.15, -0.1) is 0 Å². The number of pyridine rings is 2. The number of likely N-dealkylation sites (tertiary alicyclic amines) is 1. The van der Waals surface area contributed by atoms with Crippen molar-refractivity contribution in [2.24, 2.45) is 5.92 Å². The number of nitrogens with zero attached hydrogens (tertiary/aromatic N) is 3. The maximum atomic E-state index is 12.8. The Hall–Kier alpha value is -2.96. The number of piperidine rings is 1. The van der Waals surface area contributed by atoms with Gasteiger partial charge in [0.15, 0.2) is 0 Å². The zero-order valence-corrected chi connectivity index (χ0v) is 16.1. The van der Waals surface area contributed by atoms with Gasteiger partial charge in [0.2, 0.25) is 5.91 Å². The van der Waals surface area contributed by atoms with Crippen molar-refractivity contribution in [2.75, 3.05) is 19.6 Å². The van der Waals surface area contributed by atoms with Gasteiger partial charge < -0.3 is 14.8 Å². The lowest BCUT2D eigenvalue weighted by molar-refractivity contribution is -0.131. The third-order valence-corrected chi connectivity index (χ3v) is 5.66. The second kappa shape index (κ2) is 7.22. The Morgan fingerprint density at radius 2 is 2.04 bits per heavy atom. The molecule has 1 saturated heterocycles. The predicted molar refractivity (Wildman–Crippen MR) is 105 cm³/mol. The molecule has 0 spiro atoms. The first kappa shape index (κ1) is 18.4. The number of hydrogen-bond acceptors (Lipinski definition) is 4. The van der Waals surface area contributed by atoms with Crippen molar-refractivity contribution in [3.05, 3.63) is 52.1 Å². The fourth-order valence-corrected chi connectivity index (χ4v) is 4.36. The van der Waals surface area contributed by atoms with Crippen molar-refractivity contribution in [3.8, 4) is 11.3 Å². The van der Waals surface area contributed by atoms with E-state index in [1.54, 1.807) is 31.3 Å². The Kier molecular flexibility index (Phi) is 4.75. The van der Waals surface area contributed by atoms with Crippen LogP contribution in [0.25, 0.3) is 11.3 Å². The molecule has 0 aromatic carbocycles. The largest absolute Gasteiger partial charge is 0.352 e. The van der Waals surface area contributed by atoms with Crippen molar-refractivity contribution in [1.82, 2.24) is 19.8 Å². The molecule has 2 aliphatic rings. The van der Waals surface area contributed by atoms with Crippen molar-refractivity contribution in [1.29, 1.82) is 0 Å². The van der Waals surface area contributed by atoms with Crippen LogP contribution in [0, 0.1) is 5.92 Å². The molecular weight excluding hydrogens is 356 g/mol. The average molecular weight is 380 g/mol. The first-order valence-electron chi connectivity index (χ1n) is 9.71. The van der Waals surface area contributed by atoms with Crippen LogP contribution in [0.1, 0.15) is 42.2 Å². The summed E-state index contributed by atoms with van der Waals surface area (Å²) in [6, 6.07) is 6.97. The molecule has 0 radical (unpaired) electrons. The van der Waals surface area contributed by atoms with Crippen LogP contribution in [0.4, 0.5) is 0 Å². The average Bonchev–Trinajstić information content (AvgIpc) is 2.68. The number of nitrogens with one attached hydrogen (secondary N) is 1. The van der Waals surface area contributed by atoms with Gasteiger partial charge in [0.05, 0.1) is 5.69 Å². The number of fused-ring (bicyclic) bond motifs is 4. The summed E-state index contributed by atoms with van der Waals surface area (Å²) in [4.78, 5) is 43.0. The third-order valence-electron chi connectivity index (χ3n) is 5.66. The molecule has 0 aliphatic carbocycles. The molecule has 1 fully saturated rings. The molecule has 0 unspecified atom stereocenters. The molecule has 2 aliphatic heterocycles. The highest BCUT2D eigenvalue weighted by atomic mass is 16.2. The highest BCUT2D eigenvalue weighted by Gasteiger charge is 2.35. The molecule has 7 heteroatoms. The first-order valence-corrected chi connectivity index (χ1v) is 9.71. The van der Waals surface area contributed by atoms with Crippen LogP contribution in [0.3, 0.4) is 0 Å². The summed E-state index contributed by atoms with van der Waals surface area (Å²) in [5.41, 5.74) is 2.73. The van der Waals surface area contributed by atoms with Gasteiger partial charge in [-0.05, 0) is 37.5 Å². The lowest BCUT2D eigenvalue weighted by atomic mass is 9.82. The van der Waals surface area contributed by atoms with E-state index in [0.29, 0.717) is 42.4 Å². The van der Waals surface area contributed by atoms with Crippen molar-refractivity contribution < 1.29 is 9.59 Å². The number of carbonyl (C=O) groups excluding carboxylic acids is 2. The van der Waals surface area contributed by atoms with Crippen LogP contribution in [-0.4, -0.2) is 45.9 Å². The van der Waals surface area contributed by atoms with E-state index < -0.39 is 0 Å². The summed E-state index contributed by atoms with van der Waals surface area (Å²) in [6.45, 7) is 6.01. The topological polar surface area (TPSA) is 84.3 Å². The summed E-state index contributed by atoms with van der Waals surface area (Å²) in [6.07, 6.45) is 2.57. The Morgan fingerprint density at radius 1 is 1.21 bits per heavy atom. The van der Waals surface area contributed by atoms with E-state index in [1.165, 1.54) is 0 Å². The van der Waals surface area contributed by atoms with E-state index >= 15 is 0 Å². The molecule has 1 N–H and O–H groups in total. The molecule has 2 aromatic heterocycles. The Balaban J connectivity index is 1.73. The normalized spacial score (nSPS) is 20.4. The molecule has 2 amide bonds. The molecule has 4 rings (SSSR count). The summed E-state index contributed by atoms with van der Waals surface area (Å²) in [5, 5.41) is 2.78. The Bertz CT molecular complexity index is 997. The van der Waals surface area contributed by atoms with Gasteiger partial charge in [0, 0.05) is 68.1 Å². The van der Waals surface area contributed by atoms with Crippen LogP contribution in [0.5, 0.6) is 0 Å². The fourth-order valence-electron chi connectivity index (χ4n) is 4.36. The van der Waals surface area contributed by atoms with Crippen molar-refractivity contribution >= 4 is 11.8 Å². The van der Waals surface area contributed by atoms with Crippen molar-refractivity contribution in [3.63, 3.8) is 0 Å². The molecule has 4 heterocycles. The minimum Gasteiger partial charge on any atom is -0.352 e. The van der Waals surface area contributed by atoms with Gasteiger partial charge in [-0.25, -0.2) is 0 Å². The van der Waals surface area contributed by atoms with E-state index in [2.05, 4.69) is 10.3 Å². The lowest BCUT2D eigenvalue weighted by Crippen LogP contribution is -2.48. The number of aromatic nitrogens is 2. The molecule has 0 saturated carbocycles. The maximum Gasteiger partial charge on any atom is 0.251 e. The lowest BCUT2D eigenvalue weighted by Gasteiger charge is -2.42. The van der Waals surface area contributed by atoms with Crippen LogP contribution < -0.4 is 10.9 Å². The van der Waals surface area contributed by atoms with E-state index in [9.17, 15) is 14.4 Å². The zero-order valence-electron chi connectivity index (χ0n) is 16.1. The van der Waals surface area contributed by atoms with Gasteiger partial charge in [-0.2, -0.15) is 0 Å². The van der Waals surface area contributed by atoms with Gasteiger partial charge >= 0.3 is 0 Å². The second-order valence-corrected chi connectivity index (χ2v) is 7.63. The Morgan fingerprint density at radius 3 is 2.79 bits per heavy atom. The number of amides is 2. The smallest absolute Gasteiger partial charge is 0.251 e. The van der Waals surface area contributed by atoms with E-state index in [-0.39, 0.29) is 23.3 Å². The third kappa shape index (κ3) is 3.32. The minimum atomic E-state index is -0.159. The van der Waals surface area contributed by atoms with Gasteiger partial charge in [0.1, 0.15) is 0 Å². The Labute approximate surface area is 163 Å². The monoisotopic (exact) mass is 380 g/mol. The number of rotatable bonds is 3. The summed E-state index contributed by atoms with van der Waals surface area (Å²) in [7, 11) is 0. The predicted octanol–water partition coefficient (Wildman–Crippen LogP) is 1.63. The van der Waals surface area contributed by atoms with Crippen molar-refractivity contribution in [2.45, 2.75) is 32.7 Å². The molecule has 2 bridgehead atoms. The fraction of sp³-hybridized carbons (Fsp3) is 0.429. The summed E-state index contributed by atoms with van der Waals surface area (Å²) in [5.74, 6) is 0.388. The van der Waals surface area contributed by atoms with Crippen LogP contribution in [0.15, 0.2) is 35.3 Å². The van der Waals surface area contributed by atoms with Gasteiger partial charge in [-0.1, -0.05) is 0 Å². The summed E-state index contributed by atoms with van der Waals surface area (Å²) >= 11 is 0. The quantitative estimate of drug-likeness (QED) is 0.877. The van der Waals surface area contributed by atoms with Crippen LogP contribution >= 0.6 is 0 Å². The molecule has 2 atom stereocenters. The highest BCUT2D eigenvalue weighted by molar-refractivity contribution is 5.95. The highest BCUT2D eigenvalue weighted by Crippen LogP contribution is 2.36. The molecule has 7 nitrogen and oxygen atoms in total. The first-order chi connectivity index (χ1) is 13.5. The zero-order chi connectivity index (χ0) is 19.8.